The van der Waals surface area contributed by atoms with Crippen molar-refractivity contribution in [1.82, 2.24) is 20.0 Å². The van der Waals surface area contributed by atoms with Gasteiger partial charge in [0.2, 0.25) is 5.65 Å². The normalized spacial score (nSPS) is 9.32. The summed E-state index contributed by atoms with van der Waals surface area (Å²) >= 11 is 5.96. The van der Waals surface area contributed by atoms with Gasteiger partial charge in [-0.3, -0.25) is 4.79 Å². The topological polar surface area (TPSA) is 81.4 Å². The van der Waals surface area contributed by atoms with E-state index in [0.717, 1.165) is 16.6 Å². The number of nitrogens with one attached hydrogen (secondary N) is 1. The number of fused-ring (bicyclic) bond motifs is 3. The Morgan fingerprint density at radius 1 is 1.32 bits per heavy atom. The Labute approximate surface area is 133 Å². The lowest BCUT2D eigenvalue weighted by Crippen LogP contribution is -1.97. The Balaban J connectivity index is 0.000000354. The molecule has 0 radical (unpaired) electrons. The monoisotopic (exact) mass is 323 g/mol. The number of methoxy groups -OCH3 is 1. The van der Waals surface area contributed by atoms with E-state index in [1.165, 1.54) is 7.11 Å². The number of anilines is 1. The third-order valence-electron chi connectivity index (χ3n) is 2.60. The zero-order valence-corrected chi connectivity index (χ0v) is 13.6. The molecular formula is C14H18ClN5O2. The van der Waals surface area contributed by atoms with E-state index in [4.69, 9.17) is 16.4 Å². The molecule has 0 unspecified atom stereocenters. The zero-order valence-electron chi connectivity index (χ0n) is 12.9. The quantitative estimate of drug-likeness (QED) is 0.730. The Kier molecular flexibility index (Phi) is 7.04. The molecule has 0 aliphatic heterocycles. The molecule has 0 fully saturated rings. The number of ether oxygens (including phenoxy) is 1. The van der Waals surface area contributed by atoms with Crippen LogP contribution in [0.25, 0.3) is 16.6 Å². The van der Waals surface area contributed by atoms with Gasteiger partial charge in [0.1, 0.15) is 0 Å². The fraction of sp³-hybridized carbons (Fsp3) is 0.286. The lowest BCUT2D eigenvalue weighted by Gasteiger charge is -2.05. The number of pyridine rings is 1. The summed E-state index contributed by atoms with van der Waals surface area (Å²) in [7, 11) is 3.15. The van der Waals surface area contributed by atoms with Crippen LogP contribution in [-0.2, 0) is 9.53 Å². The van der Waals surface area contributed by atoms with Crippen LogP contribution in [0.15, 0.2) is 24.3 Å². The summed E-state index contributed by atoms with van der Waals surface area (Å²) in [5.74, 6) is 0. The van der Waals surface area contributed by atoms with Crippen LogP contribution in [0, 0.1) is 0 Å². The molecule has 0 atom stereocenters. The molecule has 3 rings (SSSR count). The van der Waals surface area contributed by atoms with Crippen LogP contribution in [0.5, 0.6) is 0 Å². The van der Waals surface area contributed by atoms with Gasteiger partial charge in [0.25, 0.3) is 6.47 Å². The number of tetrazole rings is 1. The van der Waals surface area contributed by atoms with E-state index < -0.39 is 0 Å². The van der Waals surface area contributed by atoms with Gasteiger partial charge in [-0.05, 0) is 28.6 Å². The number of aromatic nitrogens is 4. The SMILES string of the molecule is CC.CNc1cc2ccc(Cl)cc2n2nnnc12.COC=O. The van der Waals surface area contributed by atoms with E-state index in [-0.39, 0.29) is 0 Å². The minimum atomic E-state index is 0.375. The minimum Gasteiger partial charge on any atom is -0.471 e. The van der Waals surface area contributed by atoms with Crippen molar-refractivity contribution in [2.24, 2.45) is 0 Å². The summed E-state index contributed by atoms with van der Waals surface area (Å²) in [5.41, 5.74) is 2.48. The van der Waals surface area contributed by atoms with Crippen molar-refractivity contribution in [2.75, 3.05) is 19.5 Å². The second-order valence-electron chi connectivity index (χ2n) is 3.76. The largest absolute Gasteiger partial charge is 0.471 e. The second-order valence-corrected chi connectivity index (χ2v) is 4.19. The summed E-state index contributed by atoms with van der Waals surface area (Å²) in [6.07, 6.45) is 0. The van der Waals surface area contributed by atoms with Crippen LogP contribution in [0.1, 0.15) is 13.8 Å². The van der Waals surface area contributed by atoms with Gasteiger partial charge in [-0.2, -0.15) is 4.52 Å². The van der Waals surface area contributed by atoms with Crippen LogP contribution in [0.3, 0.4) is 0 Å². The van der Waals surface area contributed by atoms with E-state index in [2.05, 4.69) is 25.6 Å². The summed E-state index contributed by atoms with van der Waals surface area (Å²) in [4.78, 5) is 8.95. The van der Waals surface area contributed by atoms with Gasteiger partial charge >= 0.3 is 0 Å². The van der Waals surface area contributed by atoms with E-state index in [0.29, 0.717) is 17.1 Å². The first-order chi connectivity index (χ1) is 10.7. The average molecular weight is 324 g/mol. The predicted molar refractivity (Wildman–Crippen MR) is 87.3 cm³/mol. The average Bonchev–Trinajstić information content (AvgIpc) is 3.06. The van der Waals surface area contributed by atoms with Gasteiger partial charge in [0, 0.05) is 17.5 Å². The van der Waals surface area contributed by atoms with E-state index in [1.54, 1.807) is 4.52 Å². The van der Waals surface area contributed by atoms with Gasteiger partial charge in [-0.1, -0.05) is 31.5 Å². The highest BCUT2D eigenvalue weighted by Gasteiger charge is 2.08. The van der Waals surface area contributed by atoms with Crippen molar-refractivity contribution < 1.29 is 9.53 Å². The fourth-order valence-electron chi connectivity index (χ4n) is 1.74. The standard InChI is InChI=1S/C10H8ClN5.C2H4O2.C2H6/c1-12-8-4-6-2-3-7(11)5-9(6)16-10(8)13-14-15-16;1-4-2-3;1-2/h2-5,12H,1H3;2H,1H3;1-2H3. The summed E-state index contributed by atoms with van der Waals surface area (Å²) in [5, 5.41) is 16.4. The zero-order chi connectivity index (χ0) is 16.5. The molecule has 1 N–H and O–H groups in total. The number of rotatable bonds is 2. The Bertz CT molecular complexity index is 745. The number of nitrogens with zero attached hydrogens (tertiary/aromatic N) is 4. The predicted octanol–water partition coefficient (Wildman–Crippen LogP) is 2.79. The molecule has 0 spiro atoms. The lowest BCUT2D eigenvalue weighted by atomic mass is 10.2. The van der Waals surface area contributed by atoms with Gasteiger partial charge in [-0.15, -0.1) is 5.10 Å². The van der Waals surface area contributed by atoms with Crippen molar-refractivity contribution in [3.8, 4) is 0 Å². The molecule has 0 aliphatic rings. The lowest BCUT2D eigenvalue weighted by molar-refractivity contribution is -0.126. The van der Waals surface area contributed by atoms with E-state index in [1.807, 2.05) is 45.2 Å². The smallest absolute Gasteiger partial charge is 0.292 e. The molecule has 0 bridgehead atoms. The highest BCUT2D eigenvalue weighted by Crippen LogP contribution is 2.24. The number of hydrogen-bond donors (Lipinski definition) is 1. The molecule has 8 heteroatoms. The molecule has 0 saturated heterocycles. The van der Waals surface area contributed by atoms with Gasteiger partial charge in [0.15, 0.2) is 0 Å². The fourth-order valence-corrected chi connectivity index (χ4v) is 1.91. The highest BCUT2D eigenvalue weighted by atomic mass is 35.5. The van der Waals surface area contributed by atoms with Crippen LogP contribution < -0.4 is 5.32 Å². The number of carbonyl (C=O) groups is 1. The summed E-state index contributed by atoms with van der Waals surface area (Å²) in [6, 6.07) is 7.64. The summed E-state index contributed by atoms with van der Waals surface area (Å²) in [6.45, 7) is 4.38. The number of carbonyl (C=O) groups excluding carboxylic acids is 1. The maximum Gasteiger partial charge on any atom is 0.292 e. The summed E-state index contributed by atoms with van der Waals surface area (Å²) < 4.78 is 5.53. The molecule has 0 saturated carbocycles. The van der Waals surface area contributed by atoms with E-state index in [9.17, 15) is 0 Å². The van der Waals surface area contributed by atoms with Crippen molar-refractivity contribution >= 4 is 40.3 Å². The number of benzene rings is 1. The van der Waals surface area contributed by atoms with Crippen molar-refractivity contribution in [3.05, 3.63) is 29.3 Å². The molecule has 0 amide bonds. The molecule has 1 aromatic carbocycles. The highest BCUT2D eigenvalue weighted by molar-refractivity contribution is 6.31. The maximum atomic E-state index is 8.95. The number of halogens is 1. The number of hydrogen-bond acceptors (Lipinski definition) is 6. The van der Waals surface area contributed by atoms with Gasteiger partial charge < -0.3 is 10.1 Å². The van der Waals surface area contributed by atoms with Crippen molar-refractivity contribution in [1.29, 1.82) is 0 Å². The molecule has 0 aliphatic carbocycles. The first-order valence-corrected chi connectivity index (χ1v) is 7.03. The van der Waals surface area contributed by atoms with Crippen LogP contribution >= 0.6 is 11.6 Å². The molecule has 118 valence electrons. The van der Waals surface area contributed by atoms with Crippen LogP contribution in [0.2, 0.25) is 5.02 Å². The van der Waals surface area contributed by atoms with E-state index >= 15 is 0 Å². The molecular weight excluding hydrogens is 306 g/mol. The van der Waals surface area contributed by atoms with Crippen LogP contribution in [-0.4, -0.2) is 40.7 Å². The van der Waals surface area contributed by atoms with Crippen molar-refractivity contribution in [2.45, 2.75) is 13.8 Å². The van der Waals surface area contributed by atoms with Gasteiger partial charge in [-0.25, -0.2) is 0 Å². The second kappa shape index (κ2) is 8.78. The Morgan fingerprint density at radius 3 is 2.59 bits per heavy atom. The first-order valence-electron chi connectivity index (χ1n) is 6.65. The minimum absolute atomic E-state index is 0.375. The maximum absolute atomic E-state index is 8.95. The third kappa shape index (κ3) is 3.82. The molecule has 3 aromatic rings. The van der Waals surface area contributed by atoms with Gasteiger partial charge in [0.05, 0.1) is 18.3 Å². The molecule has 7 nitrogen and oxygen atoms in total. The molecule has 22 heavy (non-hydrogen) atoms. The first kappa shape index (κ1) is 17.6. The Hall–Kier alpha value is -2.41. The van der Waals surface area contributed by atoms with Crippen LogP contribution in [0.4, 0.5) is 5.69 Å². The van der Waals surface area contributed by atoms with Crippen molar-refractivity contribution in [3.63, 3.8) is 0 Å². The molecule has 2 heterocycles. The third-order valence-corrected chi connectivity index (χ3v) is 2.83. The molecule has 2 aromatic heterocycles. The Morgan fingerprint density at radius 2 is 2.00 bits per heavy atom.